The largest absolute Gasteiger partial charge is 0.396 e. The highest BCUT2D eigenvalue weighted by molar-refractivity contribution is 7.85. The standard InChI is InChI=1S/C8H17NO4S.C7H15NO2/c1-14(10,11)13-6-2-3-9-4-7-12-8-5-9;9-5-1-2-8-3-6-10-7-4-8/h2-8H2,1H3;9H,1-7H2. The van der Waals surface area contributed by atoms with Crippen molar-refractivity contribution in [3.63, 3.8) is 0 Å². The quantitative estimate of drug-likeness (QED) is 0.448. The lowest BCUT2D eigenvalue weighted by Crippen LogP contribution is -2.37. The maximum atomic E-state index is 10.6. The molecule has 2 saturated heterocycles. The van der Waals surface area contributed by atoms with Crippen LogP contribution in [0.3, 0.4) is 0 Å². The van der Waals surface area contributed by atoms with E-state index in [0.717, 1.165) is 84.8 Å². The van der Waals surface area contributed by atoms with Gasteiger partial charge < -0.3 is 14.6 Å². The maximum Gasteiger partial charge on any atom is 0.264 e. The Balaban J connectivity index is 0.000000254. The van der Waals surface area contributed by atoms with Gasteiger partial charge in [0.2, 0.25) is 0 Å². The number of nitrogens with zero attached hydrogens (tertiary/aromatic N) is 2. The van der Waals surface area contributed by atoms with Crippen LogP contribution in [0.1, 0.15) is 12.8 Å². The first-order valence-electron chi connectivity index (χ1n) is 8.57. The Morgan fingerprint density at radius 3 is 1.79 bits per heavy atom. The monoisotopic (exact) mass is 368 g/mol. The Labute approximate surface area is 145 Å². The maximum absolute atomic E-state index is 10.6. The first kappa shape index (κ1) is 21.8. The summed E-state index contributed by atoms with van der Waals surface area (Å²) in [6.45, 7) is 9.63. The molecule has 0 radical (unpaired) electrons. The van der Waals surface area contributed by atoms with Crippen LogP contribution in [0.25, 0.3) is 0 Å². The van der Waals surface area contributed by atoms with Crippen molar-refractivity contribution in [2.24, 2.45) is 0 Å². The Morgan fingerprint density at radius 2 is 1.38 bits per heavy atom. The molecule has 1 N–H and O–H groups in total. The SMILES string of the molecule is CS(=O)(=O)OCCCN1CCOCC1.OCCCN1CCOCC1. The van der Waals surface area contributed by atoms with Crippen molar-refractivity contribution in [1.29, 1.82) is 0 Å². The van der Waals surface area contributed by atoms with E-state index in [1.165, 1.54) is 0 Å². The molecule has 8 nitrogen and oxygen atoms in total. The van der Waals surface area contributed by atoms with Crippen molar-refractivity contribution in [2.75, 3.05) is 85.2 Å². The van der Waals surface area contributed by atoms with E-state index < -0.39 is 10.1 Å². The Morgan fingerprint density at radius 1 is 0.917 bits per heavy atom. The molecule has 0 aliphatic carbocycles. The minimum Gasteiger partial charge on any atom is -0.396 e. The van der Waals surface area contributed by atoms with Crippen molar-refractivity contribution in [2.45, 2.75) is 12.8 Å². The zero-order valence-corrected chi connectivity index (χ0v) is 15.5. The molecule has 0 spiro atoms. The van der Waals surface area contributed by atoms with E-state index in [-0.39, 0.29) is 6.61 Å². The number of morpholine rings is 2. The van der Waals surface area contributed by atoms with Gasteiger partial charge in [0.05, 0.1) is 39.3 Å². The van der Waals surface area contributed by atoms with Crippen LogP contribution in [0.5, 0.6) is 0 Å². The molecule has 0 atom stereocenters. The third-order valence-corrected chi connectivity index (χ3v) is 4.35. The van der Waals surface area contributed by atoms with E-state index in [1.807, 2.05) is 0 Å². The fourth-order valence-corrected chi connectivity index (χ4v) is 2.86. The Kier molecular flexibility index (Phi) is 11.8. The minimum absolute atomic E-state index is 0.274. The smallest absolute Gasteiger partial charge is 0.264 e. The highest BCUT2D eigenvalue weighted by Gasteiger charge is 2.10. The number of ether oxygens (including phenoxy) is 2. The second-order valence-corrected chi connectivity index (χ2v) is 7.51. The van der Waals surface area contributed by atoms with Crippen LogP contribution in [0.2, 0.25) is 0 Å². The molecule has 0 amide bonds. The van der Waals surface area contributed by atoms with Gasteiger partial charge in [-0.1, -0.05) is 0 Å². The van der Waals surface area contributed by atoms with Gasteiger partial charge in [-0.2, -0.15) is 8.42 Å². The van der Waals surface area contributed by atoms with E-state index in [9.17, 15) is 8.42 Å². The van der Waals surface area contributed by atoms with E-state index in [2.05, 4.69) is 14.0 Å². The lowest BCUT2D eigenvalue weighted by molar-refractivity contribution is 0.0353. The average molecular weight is 368 g/mol. The molecule has 2 aliphatic rings. The van der Waals surface area contributed by atoms with Gasteiger partial charge in [0.25, 0.3) is 10.1 Å². The van der Waals surface area contributed by atoms with Crippen molar-refractivity contribution < 1.29 is 27.2 Å². The summed E-state index contributed by atoms with van der Waals surface area (Å²) in [5.74, 6) is 0. The van der Waals surface area contributed by atoms with Crippen molar-refractivity contribution in [3.05, 3.63) is 0 Å². The lowest BCUT2D eigenvalue weighted by Gasteiger charge is -2.26. The van der Waals surface area contributed by atoms with Gasteiger partial charge in [-0.3, -0.25) is 14.0 Å². The summed E-state index contributed by atoms with van der Waals surface area (Å²) in [5.41, 5.74) is 0. The molecule has 0 saturated carbocycles. The van der Waals surface area contributed by atoms with Crippen LogP contribution < -0.4 is 0 Å². The van der Waals surface area contributed by atoms with Crippen molar-refractivity contribution in [3.8, 4) is 0 Å². The zero-order chi connectivity index (χ0) is 17.7. The minimum atomic E-state index is -3.27. The first-order valence-corrected chi connectivity index (χ1v) is 10.4. The van der Waals surface area contributed by atoms with Gasteiger partial charge >= 0.3 is 0 Å². The molecule has 0 aromatic carbocycles. The molecule has 0 bridgehead atoms. The van der Waals surface area contributed by atoms with Gasteiger partial charge in [-0.15, -0.1) is 0 Å². The fraction of sp³-hybridized carbons (Fsp3) is 1.00. The van der Waals surface area contributed by atoms with E-state index >= 15 is 0 Å². The zero-order valence-electron chi connectivity index (χ0n) is 14.7. The van der Waals surface area contributed by atoms with Crippen molar-refractivity contribution in [1.82, 2.24) is 9.80 Å². The summed E-state index contributed by atoms with van der Waals surface area (Å²) >= 11 is 0. The predicted octanol–water partition coefficient (Wildman–Crippen LogP) is -0.614. The summed E-state index contributed by atoms with van der Waals surface area (Å²) in [6, 6.07) is 0. The van der Waals surface area contributed by atoms with Crippen LogP contribution in [-0.4, -0.2) is 108 Å². The molecule has 2 aliphatic heterocycles. The summed E-state index contributed by atoms with van der Waals surface area (Å²) < 4.78 is 36.3. The highest BCUT2D eigenvalue weighted by Crippen LogP contribution is 1.99. The number of aliphatic hydroxyl groups excluding tert-OH is 1. The fourth-order valence-electron chi connectivity index (χ4n) is 2.44. The van der Waals surface area contributed by atoms with E-state index in [1.54, 1.807) is 0 Å². The number of aliphatic hydroxyl groups is 1. The molecule has 0 aromatic heterocycles. The summed E-state index contributed by atoms with van der Waals surface area (Å²) in [6.07, 6.45) is 2.70. The Hall–Kier alpha value is -0.290. The third-order valence-electron chi connectivity index (χ3n) is 3.76. The molecule has 2 heterocycles. The summed E-state index contributed by atoms with van der Waals surface area (Å²) in [5, 5.41) is 8.54. The van der Waals surface area contributed by atoms with Crippen LogP contribution in [0, 0.1) is 0 Å². The van der Waals surface area contributed by atoms with Gasteiger partial charge in [0.15, 0.2) is 0 Å². The summed E-state index contributed by atoms with van der Waals surface area (Å²) in [7, 11) is -3.27. The van der Waals surface area contributed by atoms with Crippen LogP contribution in [-0.2, 0) is 23.8 Å². The molecule has 0 unspecified atom stereocenters. The predicted molar refractivity (Wildman–Crippen MR) is 91.6 cm³/mol. The second-order valence-electron chi connectivity index (χ2n) is 5.86. The molecule has 2 rings (SSSR count). The first-order chi connectivity index (χ1) is 11.5. The number of hydrogen-bond donors (Lipinski definition) is 1. The molecular weight excluding hydrogens is 336 g/mol. The lowest BCUT2D eigenvalue weighted by atomic mass is 10.3. The third kappa shape index (κ3) is 12.1. The molecule has 144 valence electrons. The van der Waals surface area contributed by atoms with Crippen LogP contribution in [0.15, 0.2) is 0 Å². The van der Waals surface area contributed by atoms with Gasteiger partial charge in [0.1, 0.15) is 0 Å². The molecule has 24 heavy (non-hydrogen) atoms. The second kappa shape index (κ2) is 13.0. The van der Waals surface area contributed by atoms with E-state index in [0.29, 0.717) is 6.61 Å². The van der Waals surface area contributed by atoms with Crippen LogP contribution >= 0.6 is 0 Å². The highest BCUT2D eigenvalue weighted by atomic mass is 32.2. The van der Waals surface area contributed by atoms with Crippen LogP contribution in [0.4, 0.5) is 0 Å². The summed E-state index contributed by atoms with van der Waals surface area (Å²) in [4.78, 5) is 4.56. The average Bonchev–Trinajstić information content (AvgIpc) is 2.59. The molecule has 0 aromatic rings. The molecule has 2 fully saturated rings. The molecular formula is C15H32N2O6S. The Bertz CT molecular complexity index is 395. The topological polar surface area (TPSA) is 88.5 Å². The van der Waals surface area contributed by atoms with E-state index in [4.69, 9.17) is 14.6 Å². The van der Waals surface area contributed by atoms with Crippen molar-refractivity contribution >= 4 is 10.1 Å². The van der Waals surface area contributed by atoms with Gasteiger partial charge in [-0.25, -0.2) is 0 Å². The number of rotatable bonds is 8. The van der Waals surface area contributed by atoms with Gasteiger partial charge in [0, 0.05) is 45.9 Å². The number of hydrogen-bond acceptors (Lipinski definition) is 8. The normalized spacial score (nSPS) is 20.4. The van der Waals surface area contributed by atoms with Gasteiger partial charge in [-0.05, 0) is 12.8 Å². The molecule has 9 heteroatoms.